The smallest absolute Gasteiger partial charge is 0.0577 e. The Morgan fingerprint density at radius 1 is 0.897 bits per heavy atom. The molecule has 29 heavy (non-hydrogen) atoms. The molecular formula is C27H49NO. The highest BCUT2D eigenvalue weighted by molar-refractivity contribution is 5.12. The lowest BCUT2D eigenvalue weighted by atomic mass is 9.43. The van der Waals surface area contributed by atoms with E-state index in [0.29, 0.717) is 28.7 Å². The highest BCUT2D eigenvalue weighted by Crippen LogP contribution is 2.68. The molecule has 2 heteroatoms. The first-order valence-electron chi connectivity index (χ1n) is 13.1. The van der Waals surface area contributed by atoms with Gasteiger partial charge in [-0.1, -0.05) is 53.9 Å². The summed E-state index contributed by atoms with van der Waals surface area (Å²) in [5.41, 5.74) is 7.25. The van der Waals surface area contributed by atoms with Gasteiger partial charge in [0.25, 0.3) is 0 Å². The van der Waals surface area contributed by atoms with Crippen LogP contribution in [0, 0.1) is 52.3 Å². The molecule has 0 radical (unpaired) electrons. The number of hydrogen-bond donors (Lipinski definition) is 2. The molecule has 0 aromatic heterocycles. The molecule has 168 valence electrons. The van der Waals surface area contributed by atoms with Crippen molar-refractivity contribution in [3.05, 3.63) is 0 Å². The van der Waals surface area contributed by atoms with Gasteiger partial charge in [-0.05, 0) is 104 Å². The summed E-state index contributed by atoms with van der Waals surface area (Å²) in [6.45, 7) is 12.5. The van der Waals surface area contributed by atoms with Crippen LogP contribution in [0.3, 0.4) is 0 Å². The number of fused-ring (bicyclic) bond motifs is 5. The van der Waals surface area contributed by atoms with Gasteiger partial charge in [0.2, 0.25) is 0 Å². The van der Waals surface area contributed by atoms with E-state index in [0.717, 1.165) is 42.4 Å². The van der Waals surface area contributed by atoms with Crippen LogP contribution in [0.2, 0.25) is 0 Å². The van der Waals surface area contributed by atoms with E-state index < -0.39 is 0 Å². The fourth-order valence-electron chi connectivity index (χ4n) is 9.28. The normalized spacial score (nSPS) is 50.7. The van der Waals surface area contributed by atoms with Crippen LogP contribution < -0.4 is 5.73 Å². The van der Waals surface area contributed by atoms with E-state index in [1.165, 1.54) is 57.8 Å². The van der Waals surface area contributed by atoms with E-state index in [9.17, 15) is 5.11 Å². The molecule has 0 aliphatic heterocycles. The highest BCUT2D eigenvalue weighted by atomic mass is 16.3. The lowest BCUT2D eigenvalue weighted by Crippen LogP contribution is -2.59. The quantitative estimate of drug-likeness (QED) is 0.557. The second-order valence-electron chi connectivity index (χ2n) is 12.9. The summed E-state index contributed by atoms with van der Waals surface area (Å²) in [7, 11) is 0. The van der Waals surface area contributed by atoms with Crippen LogP contribution in [0.15, 0.2) is 0 Å². The third-order valence-electron chi connectivity index (χ3n) is 10.9. The highest BCUT2D eigenvalue weighted by Gasteiger charge is 2.62. The molecule has 0 bridgehead atoms. The summed E-state index contributed by atoms with van der Waals surface area (Å²) in [5.74, 6) is 5.24. The Morgan fingerprint density at radius 2 is 1.59 bits per heavy atom. The second-order valence-corrected chi connectivity index (χ2v) is 12.9. The third-order valence-corrected chi connectivity index (χ3v) is 10.9. The largest absolute Gasteiger partial charge is 0.393 e. The summed E-state index contributed by atoms with van der Waals surface area (Å²) in [4.78, 5) is 0. The molecule has 0 aromatic rings. The maximum atomic E-state index is 11.4. The van der Waals surface area contributed by atoms with Gasteiger partial charge in [-0.15, -0.1) is 0 Å². The van der Waals surface area contributed by atoms with Gasteiger partial charge in [0.15, 0.2) is 0 Å². The number of hydrogen-bond acceptors (Lipinski definition) is 2. The third kappa shape index (κ3) is 3.73. The van der Waals surface area contributed by atoms with Crippen molar-refractivity contribution in [3.63, 3.8) is 0 Å². The molecule has 4 saturated carbocycles. The summed E-state index contributed by atoms with van der Waals surface area (Å²) in [6.07, 6.45) is 14.3. The van der Waals surface area contributed by atoms with Gasteiger partial charge in [0.1, 0.15) is 0 Å². The first-order valence-corrected chi connectivity index (χ1v) is 13.1. The van der Waals surface area contributed by atoms with Crippen LogP contribution in [0.1, 0.15) is 105 Å². The van der Waals surface area contributed by atoms with Gasteiger partial charge in [0.05, 0.1) is 6.10 Å². The lowest BCUT2D eigenvalue weighted by Gasteiger charge is -2.62. The van der Waals surface area contributed by atoms with E-state index in [1.807, 2.05) is 0 Å². The average Bonchev–Trinajstić information content (AvgIpc) is 3.00. The summed E-state index contributed by atoms with van der Waals surface area (Å²) < 4.78 is 0. The summed E-state index contributed by atoms with van der Waals surface area (Å²) in [6, 6.07) is 0.369. The maximum Gasteiger partial charge on any atom is 0.0577 e. The zero-order chi connectivity index (χ0) is 21.0. The molecule has 0 amide bonds. The summed E-state index contributed by atoms with van der Waals surface area (Å²) >= 11 is 0. The zero-order valence-corrected chi connectivity index (χ0v) is 20.0. The zero-order valence-electron chi connectivity index (χ0n) is 20.0. The fraction of sp³-hybridized carbons (Fsp3) is 1.00. The fourth-order valence-corrected chi connectivity index (χ4v) is 9.28. The van der Waals surface area contributed by atoms with Crippen LogP contribution in [-0.4, -0.2) is 17.3 Å². The average molecular weight is 404 g/mol. The molecule has 0 spiro atoms. The predicted molar refractivity (Wildman–Crippen MR) is 122 cm³/mol. The van der Waals surface area contributed by atoms with E-state index in [4.69, 9.17) is 5.73 Å². The number of aliphatic hydroxyl groups is 1. The molecule has 4 aliphatic rings. The topological polar surface area (TPSA) is 46.2 Å². The van der Waals surface area contributed by atoms with Crippen molar-refractivity contribution in [2.75, 3.05) is 0 Å². The van der Waals surface area contributed by atoms with Gasteiger partial charge >= 0.3 is 0 Å². The molecule has 10 unspecified atom stereocenters. The Balaban J connectivity index is 1.50. The van der Waals surface area contributed by atoms with Crippen molar-refractivity contribution in [2.24, 2.45) is 58.0 Å². The van der Waals surface area contributed by atoms with Crippen LogP contribution >= 0.6 is 0 Å². The molecule has 4 aliphatic carbocycles. The maximum absolute atomic E-state index is 11.4. The van der Waals surface area contributed by atoms with Gasteiger partial charge in [-0.2, -0.15) is 0 Å². The van der Waals surface area contributed by atoms with Crippen molar-refractivity contribution in [1.29, 1.82) is 0 Å². The SMILES string of the molecule is CC(C)CCCC(C)C1CCC2C3C(O)CC4CC(N)CCC4(C)C3CCC12C. The molecule has 4 rings (SSSR count). The van der Waals surface area contributed by atoms with Crippen molar-refractivity contribution in [1.82, 2.24) is 0 Å². The van der Waals surface area contributed by atoms with E-state index in [-0.39, 0.29) is 6.10 Å². The second kappa shape index (κ2) is 8.12. The van der Waals surface area contributed by atoms with Gasteiger partial charge in [-0.25, -0.2) is 0 Å². The first-order chi connectivity index (χ1) is 13.7. The van der Waals surface area contributed by atoms with Crippen LogP contribution in [0.4, 0.5) is 0 Å². The predicted octanol–water partition coefficient (Wildman–Crippen LogP) is 6.41. The molecular weight excluding hydrogens is 354 g/mol. The van der Waals surface area contributed by atoms with Gasteiger partial charge in [-0.3, -0.25) is 0 Å². The Labute approximate surface area is 180 Å². The van der Waals surface area contributed by atoms with E-state index in [1.54, 1.807) is 0 Å². The van der Waals surface area contributed by atoms with Crippen molar-refractivity contribution >= 4 is 0 Å². The minimum absolute atomic E-state index is 0.0806. The molecule has 0 aromatic carbocycles. The minimum atomic E-state index is -0.0806. The van der Waals surface area contributed by atoms with E-state index in [2.05, 4.69) is 34.6 Å². The van der Waals surface area contributed by atoms with Crippen LogP contribution in [0.25, 0.3) is 0 Å². The molecule has 10 atom stereocenters. The van der Waals surface area contributed by atoms with Gasteiger partial charge < -0.3 is 10.8 Å². The Hall–Kier alpha value is -0.0800. The van der Waals surface area contributed by atoms with Crippen molar-refractivity contribution in [2.45, 2.75) is 117 Å². The molecule has 4 fully saturated rings. The van der Waals surface area contributed by atoms with Crippen LogP contribution in [0.5, 0.6) is 0 Å². The monoisotopic (exact) mass is 403 g/mol. The molecule has 2 nitrogen and oxygen atoms in total. The molecule has 0 heterocycles. The Bertz CT molecular complexity index is 575. The molecule has 3 N–H and O–H groups in total. The van der Waals surface area contributed by atoms with Gasteiger partial charge in [0, 0.05) is 6.04 Å². The Morgan fingerprint density at radius 3 is 2.31 bits per heavy atom. The number of rotatable bonds is 5. The first kappa shape index (κ1) is 22.1. The Kier molecular flexibility index (Phi) is 6.19. The number of aliphatic hydroxyl groups excluding tert-OH is 1. The van der Waals surface area contributed by atoms with Crippen molar-refractivity contribution in [3.8, 4) is 0 Å². The number of nitrogens with two attached hydrogens (primary N) is 1. The van der Waals surface area contributed by atoms with Crippen molar-refractivity contribution < 1.29 is 5.11 Å². The standard InChI is InChI=1S/C27H49NO/c1-17(2)7-6-8-18(3)21-9-10-22-25-23(12-14-27(21,22)5)26(4)13-11-20(28)15-19(26)16-24(25)29/h17-25,29H,6-16,28H2,1-5H3. The summed E-state index contributed by atoms with van der Waals surface area (Å²) in [5, 5.41) is 11.4. The minimum Gasteiger partial charge on any atom is -0.393 e. The lowest BCUT2D eigenvalue weighted by molar-refractivity contribution is -0.166. The molecule has 0 saturated heterocycles. The van der Waals surface area contributed by atoms with E-state index >= 15 is 0 Å². The van der Waals surface area contributed by atoms with Crippen LogP contribution in [-0.2, 0) is 0 Å².